The summed E-state index contributed by atoms with van der Waals surface area (Å²) in [5, 5.41) is 2.10. The molecule has 0 saturated heterocycles. The maximum atomic E-state index is 10.0. The predicted octanol–water partition coefficient (Wildman–Crippen LogP) is 0.830. The van der Waals surface area contributed by atoms with E-state index in [0.717, 1.165) is 12.3 Å². The van der Waals surface area contributed by atoms with Gasteiger partial charge in [-0.1, -0.05) is 0 Å². The predicted molar refractivity (Wildman–Crippen MR) is 31.6 cm³/mol. The van der Waals surface area contributed by atoms with Crippen LogP contribution in [0.5, 0.6) is 0 Å². The maximum Gasteiger partial charge on any atom is 0.312 e. The molecule has 0 aliphatic rings. The highest BCUT2D eigenvalue weighted by Crippen LogP contribution is 1.79. The lowest BCUT2D eigenvalue weighted by Crippen LogP contribution is -1.84. The van der Waals surface area contributed by atoms with Crippen molar-refractivity contribution in [1.29, 1.82) is 0 Å². The smallest absolute Gasteiger partial charge is 0.312 e. The monoisotopic (exact) mass is 129 g/mol. The third-order valence-corrected chi connectivity index (χ3v) is 0.563. The van der Waals surface area contributed by atoms with Gasteiger partial charge in [-0.3, -0.25) is 4.79 Å². The van der Waals surface area contributed by atoms with Crippen LogP contribution in [0, 0.1) is 4.91 Å². The summed E-state index contributed by atoms with van der Waals surface area (Å²) < 4.78 is 4.61. The highest BCUT2D eigenvalue weighted by Gasteiger charge is 1.88. The second kappa shape index (κ2) is 4.96. The molecule has 0 atom stereocenters. The lowest BCUT2D eigenvalue weighted by Gasteiger charge is -1.87. The van der Waals surface area contributed by atoms with Crippen LogP contribution >= 0.6 is 0 Å². The first kappa shape index (κ1) is 7.81. The Morgan fingerprint density at radius 3 is 2.89 bits per heavy atom. The zero-order valence-corrected chi connectivity index (χ0v) is 5.03. The van der Waals surface area contributed by atoms with Crippen molar-refractivity contribution in [2.45, 2.75) is 6.92 Å². The summed E-state index contributed by atoms with van der Waals surface area (Å²) in [7, 11) is 0. The Kier molecular flexibility index (Phi) is 4.30. The van der Waals surface area contributed by atoms with Crippen molar-refractivity contribution in [3.8, 4) is 0 Å². The number of ether oxygens (including phenoxy) is 1. The molecule has 4 nitrogen and oxygen atoms in total. The largest absolute Gasteiger partial charge is 0.501 e. The van der Waals surface area contributed by atoms with Gasteiger partial charge in [-0.15, -0.1) is 4.91 Å². The maximum absolute atomic E-state index is 10.0. The topological polar surface area (TPSA) is 55.7 Å². The van der Waals surface area contributed by atoms with E-state index in [1.54, 1.807) is 6.92 Å². The van der Waals surface area contributed by atoms with Crippen molar-refractivity contribution in [2.75, 3.05) is 6.61 Å². The molecule has 0 heterocycles. The van der Waals surface area contributed by atoms with Gasteiger partial charge in [0.1, 0.15) is 0 Å². The molecule has 1 amide bonds. The van der Waals surface area contributed by atoms with E-state index in [-0.39, 0.29) is 0 Å². The van der Waals surface area contributed by atoms with Crippen LogP contribution in [0.1, 0.15) is 6.92 Å². The second-order valence-corrected chi connectivity index (χ2v) is 1.19. The average Bonchev–Trinajstić information content (AvgIpc) is 1.89. The van der Waals surface area contributed by atoms with E-state index in [1.807, 2.05) is 0 Å². The van der Waals surface area contributed by atoms with Gasteiger partial charge in [0.2, 0.25) is 0 Å². The third kappa shape index (κ3) is 4.67. The first-order valence-corrected chi connectivity index (χ1v) is 2.46. The van der Waals surface area contributed by atoms with E-state index in [0.29, 0.717) is 6.61 Å². The molecule has 4 heteroatoms. The van der Waals surface area contributed by atoms with Gasteiger partial charge in [0.05, 0.1) is 12.9 Å². The van der Waals surface area contributed by atoms with Crippen molar-refractivity contribution in [2.24, 2.45) is 5.18 Å². The fraction of sp³-hybridized carbons (Fsp3) is 0.400. The molecule has 0 spiro atoms. The number of carbonyl (C=O) groups excluding carboxylic acids is 1. The van der Waals surface area contributed by atoms with E-state index < -0.39 is 5.91 Å². The molecule has 50 valence electrons. The van der Waals surface area contributed by atoms with Crippen LogP contribution in [0.3, 0.4) is 0 Å². The van der Waals surface area contributed by atoms with Gasteiger partial charge < -0.3 is 4.74 Å². The molecule has 0 fully saturated rings. The number of amides is 1. The Bertz CT molecular complexity index is 130. The van der Waals surface area contributed by atoms with E-state index in [4.69, 9.17) is 0 Å². The number of nitroso groups, excluding NO2 is 1. The molecular formula is C5H7NO3. The van der Waals surface area contributed by atoms with Crippen molar-refractivity contribution in [1.82, 2.24) is 0 Å². The van der Waals surface area contributed by atoms with E-state index >= 15 is 0 Å². The van der Waals surface area contributed by atoms with Crippen molar-refractivity contribution >= 4 is 5.91 Å². The molecule has 0 bridgehead atoms. The summed E-state index contributed by atoms with van der Waals surface area (Å²) in [5.41, 5.74) is 0. The van der Waals surface area contributed by atoms with Gasteiger partial charge >= 0.3 is 5.91 Å². The summed E-state index contributed by atoms with van der Waals surface area (Å²) in [4.78, 5) is 19.4. The lowest BCUT2D eigenvalue weighted by molar-refractivity contribution is -0.113. The Labute approximate surface area is 52.5 Å². The molecule has 0 saturated carbocycles. The standard InChI is InChI=1S/C5H7NO3/c1-2-9-4-3-5(7)6-8/h3-4H,2H2,1H3/b4-3+. The molecule has 0 aromatic carbocycles. The minimum absolute atomic E-state index is 0.475. The molecule has 0 aliphatic carbocycles. The van der Waals surface area contributed by atoms with Crippen LogP contribution in [0.25, 0.3) is 0 Å². The number of rotatable bonds is 3. The second-order valence-electron chi connectivity index (χ2n) is 1.19. The summed E-state index contributed by atoms with van der Waals surface area (Å²) in [6.45, 7) is 2.24. The van der Waals surface area contributed by atoms with Crippen LogP contribution in [0.2, 0.25) is 0 Å². The van der Waals surface area contributed by atoms with Gasteiger partial charge in [0.25, 0.3) is 0 Å². The number of carbonyl (C=O) groups is 1. The van der Waals surface area contributed by atoms with Crippen LogP contribution in [-0.4, -0.2) is 12.5 Å². The summed E-state index contributed by atoms with van der Waals surface area (Å²) in [5.74, 6) is -0.830. The number of hydrogen-bond acceptors (Lipinski definition) is 3. The summed E-state index contributed by atoms with van der Waals surface area (Å²) in [6, 6.07) is 0. The zero-order valence-electron chi connectivity index (χ0n) is 5.03. The van der Waals surface area contributed by atoms with E-state index in [2.05, 4.69) is 9.91 Å². The Hall–Kier alpha value is -1.19. The average molecular weight is 129 g/mol. The molecule has 0 aromatic heterocycles. The third-order valence-electron chi connectivity index (χ3n) is 0.563. The van der Waals surface area contributed by atoms with Crippen LogP contribution in [0.15, 0.2) is 17.5 Å². The van der Waals surface area contributed by atoms with Crippen LogP contribution in [-0.2, 0) is 9.53 Å². The van der Waals surface area contributed by atoms with Gasteiger partial charge in [-0.25, -0.2) is 0 Å². The molecule has 0 unspecified atom stereocenters. The van der Waals surface area contributed by atoms with Crippen molar-refractivity contribution in [3.05, 3.63) is 17.2 Å². The first-order chi connectivity index (χ1) is 4.31. The van der Waals surface area contributed by atoms with Crippen molar-refractivity contribution in [3.63, 3.8) is 0 Å². The minimum Gasteiger partial charge on any atom is -0.501 e. The Morgan fingerprint density at radius 1 is 1.78 bits per heavy atom. The van der Waals surface area contributed by atoms with Crippen LogP contribution in [0.4, 0.5) is 0 Å². The zero-order chi connectivity index (χ0) is 7.11. The molecule has 0 aliphatic heterocycles. The molecule has 0 N–H and O–H groups in total. The fourth-order valence-corrected chi connectivity index (χ4v) is 0.233. The SMILES string of the molecule is CCO/C=C/C(=O)N=O. The molecule has 0 rings (SSSR count). The van der Waals surface area contributed by atoms with E-state index in [1.165, 1.54) is 0 Å². The number of hydrogen-bond donors (Lipinski definition) is 0. The Balaban J connectivity index is 3.44. The molecule has 9 heavy (non-hydrogen) atoms. The Morgan fingerprint density at radius 2 is 2.44 bits per heavy atom. The molecule has 0 aromatic rings. The van der Waals surface area contributed by atoms with Gasteiger partial charge in [0, 0.05) is 11.3 Å². The highest BCUT2D eigenvalue weighted by atomic mass is 16.5. The summed E-state index contributed by atoms with van der Waals surface area (Å²) >= 11 is 0. The lowest BCUT2D eigenvalue weighted by atomic mass is 10.6. The minimum atomic E-state index is -0.830. The quantitative estimate of drug-likeness (QED) is 0.322. The number of nitrogens with zero attached hydrogens (tertiary/aromatic N) is 1. The fourth-order valence-electron chi connectivity index (χ4n) is 0.233. The van der Waals surface area contributed by atoms with Gasteiger partial charge in [0.15, 0.2) is 0 Å². The van der Waals surface area contributed by atoms with Crippen molar-refractivity contribution < 1.29 is 9.53 Å². The van der Waals surface area contributed by atoms with Gasteiger partial charge in [-0.05, 0) is 6.92 Å². The van der Waals surface area contributed by atoms with Crippen LogP contribution < -0.4 is 0 Å². The summed E-state index contributed by atoms with van der Waals surface area (Å²) in [6.07, 6.45) is 2.11. The highest BCUT2D eigenvalue weighted by molar-refractivity contribution is 5.87. The van der Waals surface area contributed by atoms with E-state index in [9.17, 15) is 9.70 Å². The molecular weight excluding hydrogens is 122 g/mol. The molecule has 0 radical (unpaired) electrons. The normalized spacial score (nSPS) is 9.44. The van der Waals surface area contributed by atoms with Gasteiger partial charge in [-0.2, -0.15) is 0 Å². The first-order valence-electron chi connectivity index (χ1n) is 2.46.